The lowest BCUT2D eigenvalue weighted by Crippen LogP contribution is -2.07. The fourth-order valence-corrected chi connectivity index (χ4v) is 2.65. The second-order valence-electron chi connectivity index (χ2n) is 4.70. The minimum absolute atomic E-state index is 0.0208. The first-order valence-electron chi connectivity index (χ1n) is 7.54. The third kappa shape index (κ3) is 13.9. The molecule has 0 atom stereocenters. The monoisotopic (exact) mass is 274 g/mol. The molecule has 0 radical (unpaired) electrons. The summed E-state index contributed by atoms with van der Waals surface area (Å²) in [6, 6.07) is 0. The number of ether oxygens (including phenoxy) is 1. The number of esters is 1. The van der Waals surface area contributed by atoms with Gasteiger partial charge in [0.1, 0.15) is 0 Å². The zero-order chi connectivity index (χ0) is 13.5. The first-order valence-corrected chi connectivity index (χ1v) is 8.70. The normalized spacial score (nSPS) is 10.6. The molecule has 0 N–H and O–H groups in total. The Hall–Kier alpha value is -0.180. The topological polar surface area (TPSA) is 26.3 Å². The molecule has 0 aromatic rings. The highest BCUT2D eigenvalue weighted by molar-refractivity contribution is 7.99. The summed E-state index contributed by atoms with van der Waals surface area (Å²) in [5.74, 6) is 2.06. The molecule has 0 saturated heterocycles. The molecule has 0 aliphatic rings. The number of carbonyl (C=O) groups excluding carboxylic acids is 1. The summed E-state index contributed by atoms with van der Waals surface area (Å²) in [6.45, 7) is 5.03. The van der Waals surface area contributed by atoms with Gasteiger partial charge in [0.15, 0.2) is 0 Å². The SMILES string of the molecule is CCCCCCCCOC(=O)CCSCCCC. The molecule has 108 valence electrons. The van der Waals surface area contributed by atoms with E-state index in [-0.39, 0.29) is 5.97 Å². The Morgan fingerprint density at radius 1 is 0.889 bits per heavy atom. The van der Waals surface area contributed by atoms with Gasteiger partial charge in [-0.25, -0.2) is 0 Å². The molecule has 0 amide bonds. The van der Waals surface area contributed by atoms with Crippen LogP contribution in [-0.4, -0.2) is 24.1 Å². The second-order valence-corrected chi connectivity index (χ2v) is 5.93. The van der Waals surface area contributed by atoms with Crippen LogP contribution in [0.15, 0.2) is 0 Å². The molecule has 2 nitrogen and oxygen atoms in total. The van der Waals surface area contributed by atoms with E-state index in [1.165, 1.54) is 50.7 Å². The Morgan fingerprint density at radius 2 is 1.56 bits per heavy atom. The molecule has 0 heterocycles. The van der Waals surface area contributed by atoms with Crippen LogP contribution in [0.3, 0.4) is 0 Å². The summed E-state index contributed by atoms with van der Waals surface area (Å²) in [4.78, 5) is 11.4. The molecular weight excluding hydrogens is 244 g/mol. The van der Waals surface area contributed by atoms with E-state index in [0.717, 1.165) is 12.2 Å². The van der Waals surface area contributed by atoms with Gasteiger partial charge in [-0.3, -0.25) is 4.79 Å². The van der Waals surface area contributed by atoms with Crippen molar-refractivity contribution >= 4 is 17.7 Å². The molecule has 0 unspecified atom stereocenters. The molecule has 0 saturated carbocycles. The maximum atomic E-state index is 11.4. The zero-order valence-corrected chi connectivity index (χ0v) is 13.0. The number of rotatable bonds is 13. The van der Waals surface area contributed by atoms with Crippen LogP contribution in [0, 0.1) is 0 Å². The van der Waals surface area contributed by atoms with Gasteiger partial charge in [0, 0.05) is 5.75 Å². The largest absolute Gasteiger partial charge is 0.466 e. The van der Waals surface area contributed by atoms with Gasteiger partial charge in [-0.15, -0.1) is 0 Å². The average Bonchev–Trinajstić information content (AvgIpc) is 2.37. The summed E-state index contributed by atoms with van der Waals surface area (Å²) in [5.41, 5.74) is 0. The molecule has 18 heavy (non-hydrogen) atoms. The van der Waals surface area contributed by atoms with Crippen molar-refractivity contribution in [3.63, 3.8) is 0 Å². The van der Waals surface area contributed by atoms with E-state index in [0.29, 0.717) is 13.0 Å². The molecule has 3 heteroatoms. The maximum Gasteiger partial charge on any atom is 0.306 e. The smallest absolute Gasteiger partial charge is 0.306 e. The molecular formula is C15H30O2S. The van der Waals surface area contributed by atoms with Crippen LogP contribution in [0.4, 0.5) is 0 Å². The number of hydrogen-bond acceptors (Lipinski definition) is 3. The van der Waals surface area contributed by atoms with Crippen LogP contribution >= 0.6 is 11.8 Å². The van der Waals surface area contributed by atoms with Crippen molar-refractivity contribution in [2.75, 3.05) is 18.1 Å². The highest BCUT2D eigenvalue weighted by Crippen LogP contribution is 2.08. The Bertz CT molecular complexity index is 183. The minimum atomic E-state index is -0.0208. The molecule has 0 aromatic heterocycles. The predicted octanol–water partition coefficient (Wildman–Crippen LogP) is 4.81. The van der Waals surface area contributed by atoms with Crippen LogP contribution in [0.2, 0.25) is 0 Å². The van der Waals surface area contributed by atoms with Crippen molar-refractivity contribution in [1.82, 2.24) is 0 Å². The van der Waals surface area contributed by atoms with E-state index in [2.05, 4.69) is 13.8 Å². The summed E-state index contributed by atoms with van der Waals surface area (Å²) >= 11 is 1.86. The second kappa shape index (κ2) is 14.9. The van der Waals surface area contributed by atoms with Gasteiger partial charge in [-0.2, -0.15) is 11.8 Å². The lowest BCUT2D eigenvalue weighted by atomic mass is 10.1. The van der Waals surface area contributed by atoms with E-state index < -0.39 is 0 Å². The van der Waals surface area contributed by atoms with Gasteiger partial charge in [0.05, 0.1) is 13.0 Å². The highest BCUT2D eigenvalue weighted by Gasteiger charge is 2.02. The lowest BCUT2D eigenvalue weighted by molar-refractivity contribution is -0.143. The van der Waals surface area contributed by atoms with Crippen molar-refractivity contribution in [3.8, 4) is 0 Å². The minimum Gasteiger partial charge on any atom is -0.466 e. The number of thioether (sulfide) groups is 1. The van der Waals surface area contributed by atoms with Crippen molar-refractivity contribution in [2.45, 2.75) is 71.6 Å². The first-order chi connectivity index (χ1) is 8.81. The van der Waals surface area contributed by atoms with E-state index >= 15 is 0 Å². The van der Waals surface area contributed by atoms with E-state index in [1.54, 1.807) is 0 Å². The van der Waals surface area contributed by atoms with E-state index in [4.69, 9.17) is 4.74 Å². The third-order valence-electron chi connectivity index (χ3n) is 2.85. The lowest BCUT2D eigenvalue weighted by Gasteiger charge is -2.04. The van der Waals surface area contributed by atoms with Gasteiger partial charge < -0.3 is 4.74 Å². The fourth-order valence-electron chi connectivity index (χ4n) is 1.64. The molecule has 0 aliphatic heterocycles. The van der Waals surface area contributed by atoms with Gasteiger partial charge in [-0.1, -0.05) is 52.4 Å². The van der Waals surface area contributed by atoms with Crippen LogP contribution in [0.1, 0.15) is 71.6 Å². The number of hydrogen-bond donors (Lipinski definition) is 0. The molecule has 0 spiro atoms. The fraction of sp³-hybridized carbons (Fsp3) is 0.933. The van der Waals surface area contributed by atoms with Crippen LogP contribution in [0.5, 0.6) is 0 Å². The summed E-state index contributed by atoms with van der Waals surface area (Å²) < 4.78 is 5.20. The maximum absolute atomic E-state index is 11.4. The molecule has 0 fully saturated rings. The Kier molecular flexibility index (Phi) is 14.7. The summed E-state index contributed by atoms with van der Waals surface area (Å²) in [6.07, 6.45) is 10.5. The summed E-state index contributed by atoms with van der Waals surface area (Å²) in [5, 5.41) is 0. The van der Waals surface area contributed by atoms with Gasteiger partial charge in [-0.05, 0) is 18.6 Å². The molecule has 0 aromatic carbocycles. The number of carbonyl (C=O) groups is 1. The Morgan fingerprint density at radius 3 is 2.28 bits per heavy atom. The quantitative estimate of drug-likeness (QED) is 0.356. The van der Waals surface area contributed by atoms with E-state index in [1.807, 2.05) is 11.8 Å². The average molecular weight is 274 g/mol. The van der Waals surface area contributed by atoms with Crippen LogP contribution in [-0.2, 0) is 9.53 Å². The zero-order valence-electron chi connectivity index (χ0n) is 12.2. The van der Waals surface area contributed by atoms with Crippen molar-refractivity contribution in [2.24, 2.45) is 0 Å². The molecule has 0 aliphatic carbocycles. The predicted molar refractivity (Wildman–Crippen MR) is 81.2 cm³/mol. The van der Waals surface area contributed by atoms with Gasteiger partial charge >= 0.3 is 5.97 Å². The van der Waals surface area contributed by atoms with E-state index in [9.17, 15) is 4.79 Å². The summed E-state index contributed by atoms with van der Waals surface area (Å²) in [7, 11) is 0. The van der Waals surface area contributed by atoms with Crippen molar-refractivity contribution < 1.29 is 9.53 Å². The van der Waals surface area contributed by atoms with Crippen LogP contribution in [0.25, 0.3) is 0 Å². The highest BCUT2D eigenvalue weighted by atomic mass is 32.2. The molecule has 0 rings (SSSR count). The Balaban J connectivity index is 3.12. The van der Waals surface area contributed by atoms with Crippen molar-refractivity contribution in [1.29, 1.82) is 0 Å². The Labute approximate surface area is 117 Å². The molecule has 0 bridgehead atoms. The van der Waals surface area contributed by atoms with Crippen molar-refractivity contribution in [3.05, 3.63) is 0 Å². The van der Waals surface area contributed by atoms with Crippen LogP contribution < -0.4 is 0 Å². The first kappa shape index (κ1) is 17.8. The number of unbranched alkanes of at least 4 members (excludes halogenated alkanes) is 6. The van der Waals surface area contributed by atoms with Gasteiger partial charge in [0.2, 0.25) is 0 Å². The third-order valence-corrected chi connectivity index (χ3v) is 3.92. The standard InChI is InChI=1S/C15H30O2S/c1-3-5-7-8-9-10-12-17-15(16)11-14-18-13-6-4-2/h3-14H2,1-2H3. The van der Waals surface area contributed by atoms with Gasteiger partial charge in [0.25, 0.3) is 0 Å².